The van der Waals surface area contributed by atoms with E-state index in [1.807, 2.05) is 6.07 Å². The van der Waals surface area contributed by atoms with E-state index in [1.165, 1.54) is 12.1 Å². The Morgan fingerprint density at radius 1 is 1.40 bits per heavy atom. The number of hydrogen-bond acceptors (Lipinski definition) is 4. The highest BCUT2D eigenvalue weighted by atomic mass is 79.9. The highest BCUT2D eigenvalue weighted by Gasteiger charge is 2.20. The molecule has 0 aliphatic rings. The second-order valence-electron chi connectivity index (χ2n) is 3.93. The molecule has 0 fully saturated rings. The van der Waals surface area contributed by atoms with Crippen LogP contribution in [0.5, 0.6) is 0 Å². The third-order valence-corrected chi connectivity index (χ3v) is 6.33. The fourth-order valence-corrected chi connectivity index (χ4v) is 4.61. The molecule has 0 bridgehead atoms. The number of rotatable bonds is 3. The smallest absolute Gasteiger partial charge is 0.271 e. The molecule has 0 radical (unpaired) electrons. The average molecular weight is 392 g/mol. The third-order valence-electron chi connectivity index (χ3n) is 2.45. The van der Waals surface area contributed by atoms with Crippen LogP contribution in [0.25, 0.3) is 0 Å². The molecular formula is C12H8BrClN2O2S2. The number of anilines is 1. The van der Waals surface area contributed by atoms with Crippen LogP contribution in [0.1, 0.15) is 11.1 Å². The third kappa shape index (κ3) is 3.15. The van der Waals surface area contributed by atoms with Crippen molar-refractivity contribution in [1.82, 2.24) is 0 Å². The van der Waals surface area contributed by atoms with Crippen LogP contribution in [0.15, 0.2) is 32.9 Å². The molecule has 0 amide bonds. The molecule has 0 unspecified atom stereocenters. The molecule has 2 rings (SSSR count). The second-order valence-corrected chi connectivity index (χ2v) is 8.41. The highest BCUT2D eigenvalue weighted by Crippen LogP contribution is 2.32. The van der Waals surface area contributed by atoms with E-state index >= 15 is 0 Å². The van der Waals surface area contributed by atoms with Crippen molar-refractivity contribution in [2.45, 2.75) is 11.1 Å². The first-order valence-corrected chi connectivity index (χ1v) is 8.79. The summed E-state index contributed by atoms with van der Waals surface area (Å²) in [5.74, 6) is 0. The number of nitriles is 1. The Labute approximate surface area is 134 Å². The van der Waals surface area contributed by atoms with E-state index in [0.29, 0.717) is 14.4 Å². The molecule has 0 spiro atoms. The molecule has 0 atom stereocenters. The van der Waals surface area contributed by atoms with Crippen LogP contribution < -0.4 is 4.72 Å². The molecule has 0 saturated heterocycles. The van der Waals surface area contributed by atoms with Gasteiger partial charge in [-0.05, 0) is 36.8 Å². The number of hydrogen-bond donors (Lipinski definition) is 1. The summed E-state index contributed by atoms with van der Waals surface area (Å²) in [6.45, 7) is 1.73. The molecule has 1 N–H and O–H groups in total. The average Bonchev–Trinajstić information content (AvgIpc) is 2.72. The molecule has 1 aromatic heterocycles. The summed E-state index contributed by atoms with van der Waals surface area (Å²) in [5.41, 5.74) is 1.17. The van der Waals surface area contributed by atoms with Gasteiger partial charge in [-0.1, -0.05) is 27.5 Å². The molecule has 1 heterocycles. The van der Waals surface area contributed by atoms with E-state index in [1.54, 1.807) is 19.1 Å². The van der Waals surface area contributed by atoms with Crippen molar-refractivity contribution in [3.05, 3.63) is 44.2 Å². The highest BCUT2D eigenvalue weighted by molar-refractivity contribution is 9.10. The summed E-state index contributed by atoms with van der Waals surface area (Å²) in [4.78, 5) is 0. The van der Waals surface area contributed by atoms with Crippen LogP contribution in [-0.4, -0.2) is 8.42 Å². The largest absolute Gasteiger partial charge is 0.278 e. The van der Waals surface area contributed by atoms with Crippen molar-refractivity contribution in [2.75, 3.05) is 4.72 Å². The van der Waals surface area contributed by atoms with Gasteiger partial charge in [-0.3, -0.25) is 4.72 Å². The summed E-state index contributed by atoms with van der Waals surface area (Å²) >= 11 is 10.1. The summed E-state index contributed by atoms with van der Waals surface area (Å²) in [6, 6.07) is 8.18. The minimum atomic E-state index is -3.74. The topological polar surface area (TPSA) is 70.0 Å². The Morgan fingerprint density at radius 3 is 2.65 bits per heavy atom. The number of nitrogens with zero attached hydrogens (tertiary/aromatic N) is 1. The number of sulfonamides is 1. The monoisotopic (exact) mass is 390 g/mol. The first kappa shape index (κ1) is 15.3. The molecular weight excluding hydrogens is 384 g/mol. The molecule has 20 heavy (non-hydrogen) atoms. The van der Waals surface area contributed by atoms with Gasteiger partial charge in [-0.25, -0.2) is 8.42 Å². The van der Waals surface area contributed by atoms with E-state index in [2.05, 4.69) is 20.7 Å². The SMILES string of the molecule is Cc1cc(S(=O)(=O)Nc2ccc(Br)cc2C#N)sc1Cl. The van der Waals surface area contributed by atoms with Crippen LogP contribution in [0, 0.1) is 18.3 Å². The lowest BCUT2D eigenvalue weighted by Gasteiger charge is -2.08. The van der Waals surface area contributed by atoms with Gasteiger partial charge in [0.2, 0.25) is 0 Å². The van der Waals surface area contributed by atoms with Crippen molar-refractivity contribution in [2.24, 2.45) is 0 Å². The Hall–Kier alpha value is -1.07. The lowest BCUT2D eigenvalue weighted by molar-refractivity contribution is 0.603. The van der Waals surface area contributed by atoms with Crippen molar-refractivity contribution >= 4 is 54.6 Å². The number of benzene rings is 1. The molecule has 0 aliphatic carbocycles. The molecule has 104 valence electrons. The van der Waals surface area contributed by atoms with Gasteiger partial charge in [-0.15, -0.1) is 11.3 Å². The van der Waals surface area contributed by atoms with Gasteiger partial charge < -0.3 is 0 Å². The maximum Gasteiger partial charge on any atom is 0.271 e. The summed E-state index contributed by atoms with van der Waals surface area (Å²) < 4.78 is 28.1. The van der Waals surface area contributed by atoms with Gasteiger partial charge >= 0.3 is 0 Å². The Balaban J connectivity index is 2.41. The van der Waals surface area contributed by atoms with Crippen molar-refractivity contribution < 1.29 is 8.42 Å². The second kappa shape index (κ2) is 5.74. The summed E-state index contributed by atoms with van der Waals surface area (Å²) in [7, 11) is -3.74. The lowest BCUT2D eigenvalue weighted by Crippen LogP contribution is -2.12. The van der Waals surface area contributed by atoms with E-state index in [0.717, 1.165) is 11.3 Å². The Bertz CT molecular complexity index is 790. The van der Waals surface area contributed by atoms with Crippen LogP contribution in [0.4, 0.5) is 5.69 Å². The van der Waals surface area contributed by atoms with E-state index in [-0.39, 0.29) is 15.5 Å². The fourth-order valence-electron chi connectivity index (χ4n) is 1.46. The number of nitrogens with one attached hydrogen (secondary N) is 1. The van der Waals surface area contributed by atoms with E-state index in [4.69, 9.17) is 16.9 Å². The number of thiophene rings is 1. The zero-order chi connectivity index (χ0) is 14.9. The molecule has 4 nitrogen and oxygen atoms in total. The molecule has 2 aromatic rings. The molecule has 8 heteroatoms. The quantitative estimate of drug-likeness (QED) is 0.854. The van der Waals surface area contributed by atoms with Crippen molar-refractivity contribution in [1.29, 1.82) is 5.26 Å². The van der Waals surface area contributed by atoms with Crippen LogP contribution >= 0.6 is 38.9 Å². The minimum Gasteiger partial charge on any atom is -0.278 e. The zero-order valence-electron chi connectivity index (χ0n) is 10.1. The Kier molecular flexibility index (Phi) is 4.39. The van der Waals surface area contributed by atoms with Crippen LogP contribution in [0.3, 0.4) is 0 Å². The zero-order valence-corrected chi connectivity index (χ0v) is 14.1. The van der Waals surface area contributed by atoms with E-state index < -0.39 is 10.0 Å². The van der Waals surface area contributed by atoms with E-state index in [9.17, 15) is 8.42 Å². The van der Waals surface area contributed by atoms with Gasteiger partial charge in [0.15, 0.2) is 0 Å². The molecule has 1 aromatic carbocycles. The van der Waals surface area contributed by atoms with Crippen molar-refractivity contribution in [3.63, 3.8) is 0 Å². The maximum absolute atomic E-state index is 12.2. The Morgan fingerprint density at radius 2 is 2.10 bits per heavy atom. The first-order chi connectivity index (χ1) is 9.33. The standard InChI is InChI=1S/C12H8BrClN2O2S2/c1-7-4-11(19-12(7)14)20(17,18)16-10-3-2-9(13)5-8(10)6-15/h2-5,16H,1H3. The first-order valence-electron chi connectivity index (χ1n) is 5.32. The van der Waals surface area contributed by atoms with Gasteiger partial charge in [0, 0.05) is 4.47 Å². The predicted octanol–water partition coefficient (Wildman–Crippen LogP) is 4.14. The van der Waals surface area contributed by atoms with Gasteiger partial charge in [0.25, 0.3) is 10.0 Å². The lowest BCUT2D eigenvalue weighted by atomic mass is 10.2. The number of halogens is 2. The molecule has 0 aliphatic heterocycles. The predicted molar refractivity (Wildman–Crippen MR) is 83.7 cm³/mol. The minimum absolute atomic E-state index is 0.117. The summed E-state index contributed by atoms with van der Waals surface area (Å²) in [6.07, 6.45) is 0. The summed E-state index contributed by atoms with van der Waals surface area (Å²) in [5, 5.41) is 9.03. The van der Waals surface area contributed by atoms with Gasteiger partial charge in [0.05, 0.1) is 15.6 Å². The van der Waals surface area contributed by atoms with Crippen molar-refractivity contribution in [3.8, 4) is 6.07 Å². The normalized spacial score (nSPS) is 11.1. The fraction of sp³-hybridized carbons (Fsp3) is 0.0833. The number of aryl methyl sites for hydroxylation is 1. The van der Waals surface area contributed by atoms with Gasteiger partial charge in [-0.2, -0.15) is 5.26 Å². The van der Waals surface area contributed by atoms with Crippen LogP contribution in [-0.2, 0) is 10.0 Å². The molecule has 0 saturated carbocycles. The maximum atomic E-state index is 12.2. The van der Waals surface area contributed by atoms with Crippen LogP contribution in [0.2, 0.25) is 4.34 Å². The van der Waals surface area contributed by atoms with Gasteiger partial charge in [0.1, 0.15) is 10.3 Å².